The topological polar surface area (TPSA) is 47.6 Å². The molecule has 0 spiro atoms. The molecule has 1 amide bonds. The van der Waals surface area contributed by atoms with Crippen LogP contribution in [0.1, 0.15) is 48.9 Å². The summed E-state index contributed by atoms with van der Waals surface area (Å²) >= 11 is 0. The van der Waals surface area contributed by atoms with Crippen LogP contribution >= 0.6 is 0 Å². The number of rotatable bonds is 5. The van der Waals surface area contributed by atoms with E-state index in [2.05, 4.69) is 5.32 Å². The Morgan fingerprint density at radius 2 is 1.90 bits per heavy atom. The minimum Gasteiger partial charge on any atom is -0.491 e. The van der Waals surface area contributed by atoms with Crippen LogP contribution in [0.2, 0.25) is 0 Å². The number of hydrogen-bond donors (Lipinski definition) is 1. The summed E-state index contributed by atoms with van der Waals surface area (Å²) in [6.45, 7) is 1.43. The van der Waals surface area contributed by atoms with Crippen LogP contribution in [-0.4, -0.2) is 31.3 Å². The van der Waals surface area contributed by atoms with Crippen LogP contribution in [0, 0.1) is 0 Å². The maximum absolute atomic E-state index is 12.1. The Labute approximate surface area is 125 Å². The van der Waals surface area contributed by atoms with Gasteiger partial charge in [-0.2, -0.15) is 0 Å². The third-order valence-corrected chi connectivity index (χ3v) is 4.27. The van der Waals surface area contributed by atoms with Gasteiger partial charge in [0.1, 0.15) is 12.4 Å². The monoisotopic (exact) mass is 289 g/mol. The fourth-order valence-electron chi connectivity index (χ4n) is 3.01. The second-order valence-electron chi connectivity index (χ2n) is 5.93. The summed E-state index contributed by atoms with van der Waals surface area (Å²) in [6.07, 6.45) is 7.07. The van der Waals surface area contributed by atoms with Crippen molar-refractivity contribution < 1.29 is 14.3 Å². The van der Waals surface area contributed by atoms with Crippen molar-refractivity contribution in [2.75, 3.05) is 13.2 Å². The molecule has 1 N–H and O–H groups in total. The maximum atomic E-state index is 12.1. The second kappa shape index (κ2) is 6.94. The van der Waals surface area contributed by atoms with Crippen LogP contribution in [0.5, 0.6) is 5.75 Å². The zero-order valence-electron chi connectivity index (χ0n) is 12.3. The molecule has 0 aromatic heterocycles. The van der Waals surface area contributed by atoms with E-state index in [0.717, 1.165) is 38.0 Å². The Kier molecular flexibility index (Phi) is 4.76. The van der Waals surface area contributed by atoms with Crippen LogP contribution < -0.4 is 10.1 Å². The normalized spacial score (nSPS) is 22.4. The van der Waals surface area contributed by atoms with Gasteiger partial charge < -0.3 is 14.8 Å². The molecule has 4 heteroatoms. The highest BCUT2D eigenvalue weighted by Gasteiger charge is 2.18. The van der Waals surface area contributed by atoms with Gasteiger partial charge in [0, 0.05) is 18.2 Å². The highest BCUT2D eigenvalue weighted by atomic mass is 16.5. The molecular formula is C17H23NO3. The number of carbonyl (C=O) groups excluding carboxylic acids is 1. The van der Waals surface area contributed by atoms with Crippen molar-refractivity contribution in [3.8, 4) is 5.75 Å². The highest BCUT2D eigenvalue weighted by Crippen LogP contribution is 2.19. The van der Waals surface area contributed by atoms with Crippen molar-refractivity contribution in [3.05, 3.63) is 29.8 Å². The van der Waals surface area contributed by atoms with Gasteiger partial charge >= 0.3 is 0 Å². The Morgan fingerprint density at radius 1 is 1.14 bits per heavy atom. The molecule has 114 valence electrons. The number of nitrogens with one attached hydrogen (secondary N) is 1. The largest absolute Gasteiger partial charge is 0.491 e. The van der Waals surface area contributed by atoms with Crippen LogP contribution in [-0.2, 0) is 4.74 Å². The molecule has 1 unspecified atom stereocenters. The third-order valence-electron chi connectivity index (χ3n) is 4.27. The van der Waals surface area contributed by atoms with Gasteiger partial charge in [-0.25, -0.2) is 0 Å². The molecule has 1 aromatic rings. The molecule has 0 radical (unpaired) electrons. The highest BCUT2D eigenvalue weighted by molar-refractivity contribution is 5.94. The van der Waals surface area contributed by atoms with Crippen LogP contribution in [0.3, 0.4) is 0 Å². The molecule has 0 bridgehead atoms. The Hall–Kier alpha value is -1.55. The van der Waals surface area contributed by atoms with Crippen molar-refractivity contribution in [1.82, 2.24) is 5.32 Å². The summed E-state index contributed by atoms with van der Waals surface area (Å²) in [5, 5.41) is 3.09. The van der Waals surface area contributed by atoms with Crippen LogP contribution in [0.4, 0.5) is 0 Å². The molecule has 1 aromatic carbocycles. The predicted molar refractivity (Wildman–Crippen MR) is 80.6 cm³/mol. The SMILES string of the molecule is O=C(NC1CCCC1)c1ccc(OCC2CCCO2)cc1. The molecule has 1 saturated heterocycles. The molecular weight excluding hydrogens is 266 g/mol. The van der Waals surface area contributed by atoms with E-state index in [0.29, 0.717) is 18.2 Å². The van der Waals surface area contributed by atoms with E-state index in [-0.39, 0.29) is 12.0 Å². The lowest BCUT2D eigenvalue weighted by Gasteiger charge is -2.13. The maximum Gasteiger partial charge on any atom is 0.251 e. The predicted octanol–water partition coefficient (Wildman–Crippen LogP) is 2.92. The first-order valence-corrected chi connectivity index (χ1v) is 7.96. The zero-order valence-corrected chi connectivity index (χ0v) is 12.3. The minimum absolute atomic E-state index is 0.0209. The van der Waals surface area contributed by atoms with E-state index in [1.165, 1.54) is 12.8 Å². The minimum atomic E-state index is 0.0209. The standard InChI is InChI=1S/C17H23NO3/c19-17(18-14-4-1-2-5-14)13-7-9-15(10-8-13)21-12-16-6-3-11-20-16/h7-10,14,16H,1-6,11-12H2,(H,18,19). The van der Waals surface area contributed by atoms with Gasteiger partial charge in [0.25, 0.3) is 5.91 Å². The first-order valence-electron chi connectivity index (χ1n) is 7.96. The lowest BCUT2D eigenvalue weighted by Crippen LogP contribution is -2.32. The number of hydrogen-bond acceptors (Lipinski definition) is 3. The van der Waals surface area contributed by atoms with E-state index in [4.69, 9.17) is 9.47 Å². The molecule has 2 fully saturated rings. The van der Waals surface area contributed by atoms with Crippen LogP contribution in [0.15, 0.2) is 24.3 Å². The van der Waals surface area contributed by atoms with Crippen molar-refractivity contribution in [2.24, 2.45) is 0 Å². The molecule has 1 aliphatic carbocycles. The molecule has 1 heterocycles. The molecule has 3 rings (SSSR count). The van der Waals surface area contributed by atoms with Crippen molar-refractivity contribution in [2.45, 2.75) is 50.7 Å². The first kappa shape index (κ1) is 14.4. The average molecular weight is 289 g/mol. The number of carbonyl (C=O) groups is 1. The van der Waals surface area contributed by atoms with Crippen LogP contribution in [0.25, 0.3) is 0 Å². The van der Waals surface area contributed by atoms with Gasteiger partial charge in [-0.15, -0.1) is 0 Å². The van der Waals surface area contributed by atoms with Crippen molar-refractivity contribution in [1.29, 1.82) is 0 Å². The van der Waals surface area contributed by atoms with Gasteiger partial charge in [0.05, 0.1) is 6.10 Å². The summed E-state index contributed by atoms with van der Waals surface area (Å²) in [5.41, 5.74) is 0.700. The van der Waals surface area contributed by atoms with Gasteiger partial charge in [0.2, 0.25) is 0 Å². The van der Waals surface area contributed by atoms with Gasteiger partial charge in [0.15, 0.2) is 0 Å². The second-order valence-corrected chi connectivity index (χ2v) is 5.93. The molecule has 4 nitrogen and oxygen atoms in total. The molecule has 21 heavy (non-hydrogen) atoms. The quantitative estimate of drug-likeness (QED) is 0.906. The smallest absolute Gasteiger partial charge is 0.251 e. The Morgan fingerprint density at radius 3 is 2.57 bits per heavy atom. The first-order chi connectivity index (χ1) is 10.3. The summed E-state index contributed by atoms with van der Waals surface area (Å²) in [5.74, 6) is 0.815. The van der Waals surface area contributed by atoms with E-state index in [1.54, 1.807) is 0 Å². The lowest BCUT2D eigenvalue weighted by atomic mass is 10.1. The fourth-order valence-corrected chi connectivity index (χ4v) is 3.01. The Bertz CT molecular complexity index is 459. The van der Waals surface area contributed by atoms with Gasteiger partial charge in [-0.1, -0.05) is 12.8 Å². The van der Waals surface area contributed by atoms with Crippen molar-refractivity contribution in [3.63, 3.8) is 0 Å². The van der Waals surface area contributed by atoms with Crippen molar-refractivity contribution >= 4 is 5.91 Å². The van der Waals surface area contributed by atoms with E-state index < -0.39 is 0 Å². The Balaban J connectivity index is 1.49. The lowest BCUT2D eigenvalue weighted by molar-refractivity contribution is 0.0679. The zero-order chi connectivity index (χ0) is 14.5. The third kappa shape index (κ3) is 3.97. The summed E-state index contributed by atoms with van der Waals surface area (Å²) in [4.78, 5) is 12.1. The van der Waals surface area contributed by atoms with E-state index in [1.807, 2.05) is 24.3 Å². The van der Waals surface area contributed by atoms with Gasteiger partial charge in [-0.3, -0.25) is 4.79 Å². The summed E-state index contributed by atoms with van der Waals surface area (Å²) < 4.78 is 11.2. The number of benzene rings is 1. The van der Waals surface area contributed by atoms with E-state index >= 15 is 0 Å². The summed E-state index contributed by atoms with van der Waals surface area (Å²) in [7, 11) is 0. The molecule has 2 aliphatic rings. The van der Waals surface area contributed by atoms with Gasteiger partial charge in [-0.05, 0) is 49.9 Å². The number of amides is 1. The van der Waals surface area contributed by atoms with E-state index in [9.17, 15) is 4.79 Å². The molecule has 1 atom stereocenters. The summed E-state index contributed by atoms with van der Waals surface area (Å²) in [6, 6.07) is 7.73. The average Bonchev–Trinajstić information content (AvgIpc) is 3.19. The fraction of sp³-hybridized carbons (Fsp3) is 0.588. The molecule has 1 aliphatic heterocycles. The molecule has 1 saturated carbocycles. The number of ether oxygens (including phenoxy) is 2.